The van der Waals surface area contributed by atoms with E-state index >= 15 is 0 Å². The molecule has 0 atom stereocenters. The highest BCUT2D eigenvalue weighted by atomic mass is 35.5. The lowest BCUT2D eigenvalue weighted by Gasteiger charge is -2.09. The Balaban J connectivity index is 1.50. The number of carbonyl (C=O) groups is 1. The minimum atomic E-state index is -0.505. The summed E-state index contributed by atoms with van der Waals surface area (Å²) in [7, 11) is 0. The third-order valence-electron chi connectivity index (χ3n) is 5.10. The van der Waals surface area contributed by atoms with Crippen LogP contribution in [-0.4, -0.2) is 12.6 Å². The maximum Gasteiger partial charge on any atom is 0.343 e. The summed E-state index contributed by atoms with van der Waals surface area (Å²) in [5.41, 5.74) is 1.47. The Morgan fingerprint density at radius 1 is 0.824 bits per heavy atom. The van der Waals surface area contributed by atoms with Gasteiger partial charge in [-0.05, 0) is 61.0 Å². The van der Waals surface area contributed by atoms with Crippen LogP contribution in [0.25, 0.3) is 0 Å². The zero-order chi connectivity index (χ0) is 24.2. The van der Waals surface area contributed by atoms with Gasteiger partial charge in [-0.1, -0.05) is 74.4 Å². The molecule has 0 N–H and O–H groups in total. The first-order valence-electron chi connectivity index (χ1n) is 11.5. The fourth-order valence-electron chi connectivity index (χ4n) is 3.20. The van der Waals surface area contributed by atoms with Crippen molar-refractivity contribution in [3.8, 4) is 11.5 Å². The number of benzene rings is 3. The summed E-state index contributed by atoms with van der Waals surface area (Å²) < 4.78 is 11.2. The minimum absolute atomic E-state index is 0.242. The van der Waals surface area contributed by atoms with E-state index in [-0.39, 0.29) is 10.8 Å². The Morgan fingerprint density at radius 2 is 1.56 bits per heavy atom. The Morgan fingerprint density at radius 3 is 2.29 bits per heavy atom. The fourth-order valence-corrected chi connectivity index (χ4v) is 3.58. The van der Waals surface area contributed by atoms with Gasteiger partial charge < -0.3 is 9.47 Å². The Bertz CT molecular complexity index is 1100. The lowest BCUT2D eigenvalue weighted by molar-refractivity contribution is 0.0735. The minimum Gasteiger partial charge on any atom is -0.494 e. The third kappa shape index (κ3) is 8.15. The van der Waals surface area contributed by atoms with Gasteiger partial charge in [-0.25, -0.2) is 4.79 Å². The number of carbonyl (C=O) groups excluding carboxylic acids is 1. The third-order valence-corrected chi connectivity index (χ3v) is 5.72. The van der Waals surface area contributed by atoms with Crippen LogP contribution in [0.2, 0.25) is 10.0 Å². The number of halogens is 2. The zero-order valence-electron chi connectivity index (χ0n) is 19.2. The molecule has 178 valence electrons. The molecule has 7 heteroatoms. The lowest BCUT2D eigenvalue weighted by atomic mass is 10.1. The van der Waals surface area contributed by atoms with Gasteiger partial charge in [0.2, 0.25) is 0 Å². The van der Waals surface area contributed by atoms with Crippen molar-refractivity contribution in [2.45, 2.75) is 45.4 Å². The SMILES string of the molecule is CCCCCCCCOc1ccc(C(=O)Oc2ccc(N=Nc3ccccc3Cl)cc2Cl)cc1. The van der Waals surface area contributed by atoms with E-state index in [4.69, 9.17) is 32.7 Å². The van der Waals surface area contributed by atoms with Crippen LogP contribution in [0, 0.1) is 0 Å². The molecule has 3 aromatic rings. The molecule has 0 bridgehead atoms. The van der Waals surface area contributed by atoms with Crippen LogP contribution in [0.15, 0.2) is 77.0 Å². The van der Waals surface area contributed by atoms with Crippen molar-refractivity contribution in [1.29, 1.82) is 0 Å². The first kappa shape index (κ1) is 25.7. The van der Waals surface area contributed by atoms with Gasteiger partial charge in [0.25, 0.3) is 0 Å². The smallest absolute Gasteiger partial charge is 0.343 e. The van der Waals surface area contributed by atoms with Crippen molar-refractivity contribution in [2.75, 3.05) is 6.61 Å². The van der Waals surface area contributed by atoms with E-state index in [0.717, 1.165) is 12.2 Å². The maximum absolute atomic E-state index is 12.5. The molecular formula is C27H28Cl2N2O3. The van der Waals surface area contributed by atoms with Crippen molar-refractivity contribution in [3.05, 3.63) is 82.3 Å². The topological polar surface area (TPSA) is 60.2 Å². The highest BCUT2D eigenvalue weighted by Gasteiger charge is 2.12. The van der Waals surface area contributed by atoms with Gasteiger partial charge in [0.1, 0.15) is 17.2 Å². The molecule has 0 unspecified atom stereocenters. The Hall–Kier alpha value is -2.89. The van der Waals surface area contributed by atoms with Gasteiger partial charge in [-0.2, -0.15) is 5.11 Å². The molecule has 0 aromatic heterocycles. The molecule has 0 radical (unpaired) electrons. The van der Waals surface area contributed by atoms with E-state index in [1.54, 1.807) is 54.6 Å². The molecule has 0 aliphatic rings. The molecule has 3 rings (SSSR count). The van der Waals surface area contributed by atoms with Crippen molar-refractivity contribution >= 4 is 40.5 Å². The van der Waals surface area contributed by atoms with Crippen molar-refractivity contribution in [1.82, 2.24) is 0 Å². The number of hydrogen-bond acceptors (Lipinski definition) is 5. The van der Waals surface area contributed by atoms with E-state index in [1.165, 1.54) is 32.1 Å². The van der Waals surface area contributed by atoms with Gasteiger partial charge in [0.05, 0.1) is 27.9 Å². The fraction of sp³-hybridized carbons (Fsp3) is 0.296. The maximum atomic E-state index is 12.5. The molecule has 0 saturated heterocycles. The molecule has 5 nitrogen and oxygen atoms in total. The summed E-state index contributed by atoms with van der Waals surface area (Å²) in [6.45, 7) is 2.89. The molecular weight excluding hydrogens is 471 g/mol. The second-order valence-corrected chi connectivity index (χ2v) is 8.61. The van der Waals surface area contributed by atoms with E-state index in [9.17, 15) is 4.79 Å². The van der Waals surface area contributed by atoms with E-state index in [2.05, 4.69) is 17.2 Å². The molecule has 0 amide bonds. The molecule has 0 aliphatic carbocycles. The monoisotopic (exact) mass is 498 g/mol. The Labute approximate surface area is 210 Å². The second kappa shape index (κ2) is 13.7. The van der Waals surface area contributed by atoms with Crippen LogP contribution < -0.4 is 9.47 Å². The van der Waals surface area contributed by atoms with Crippen LogP contribution in [-0.2, 0) is 0 Å². The van der Waals surface area contributed by atoms with Gasteiger partial charge in [0, 0.05) is 0 Å². The molecule has 0 heterocycles. The summed E-state index contributed by atoms with van der Waals surface area (Å²) >= 11 is 12.4. The van der Waals surface area contributed by atoms with Crippen molar-refractivity contribution in [3.63, 3.8) is 0 Å². The first-order valence-corrected chi connectivity index (χ1v) is 12.2. The Kier molecular flexibility index (Phi) is 10.4. The van der Waals surface area contributed by atoms with Crippen LogP contribution in [0.4, 0.5) is 11.4 Å². The predicted molar refractivity (Wildman–Crippen MR) is 137 cm³/mol. The molecule has 0 fully saturated rings. The predicted octanol–water partition coefficient (Wildman–Crippen LogP) is 9.37. The normalized spacial score (nSPS) is 11.0. The number of ether oxygens (including phenoxy) is 2. The van der Waals surface area contributed by atoms with Gasteiger partial charge >= 0.3 is 5.97 Å². The summed E-state index contributed by atoms with van der Waals surface area (Å²) in [6, 6.07) is 18.9. The van der Waals surface area contributed by atoms with Crippen LogP contribution in [0.1, 0.15) is 55.8 Å². The first-order chi connectivity index (χ1) is 16.6. The van der Waals surface area contributed by atoms with Gasteiger partial charge in [-0.15, -0.1) is 5.11 Å². The molecule has 0 aliphatic heterocycles. The second-order valence-electron chi connectivity index (χ2n) is 7.80. The summed E-state index contributed by atoms with van der Waals surface area (Å²) in [6.07, 6.45) is 7.27. The quantitative estimate of drug-likeness (QED) is 0.108. The summed E-state index contributed by atoms with van der Waals surface area (Å²) in [5.74, 6) is 0.470. The molecule has 34 heavy (non-hydrogen) atoms. The largest absolute Gasteiger partial charge is 0.494 e. The lowest BCUT2D eigenvalue weighted by Crippen LogP contribution is -2.08. The highest BCUT2D eigenvalue weighted by Crippen LogP contribution is 2.32. The number of unbranched alkanes of at least 4 members (excludes halogenated alkanes) is 5. The average molecular weight is 499 g/mol. The summed E-state index contributed by atoms with van der Waals surface area (Å²) in [5, 5.41) is 9.01. The van der Waals surface area contributed by atoms with Gasteiger partial charge in [-0.3, -0.25) is 0 Å². The van der Waals surface area contributed by atoms with Crippen LogP contribution in [0.5, 0.6) is 11.5 Å². The number of esters is 1. The summed E-state index contributed by atoms with van der Waals surface area (Å²) in [4.78, 5) is 12.5. The molecule has 0 saturated carbocycles. The molecule has 0 spiro atoms. The van der Waals surface area contributed by atoms with E-state index in [1.807, 2.05) is 12.1 Å². The number of rotatable bonds is 12. The average Bonchev–Trinajstić information content (AvgIpc) is 2.85. The van der Waals surface area contributed by atoms with Crippen molar-refractivity contribution in [2.24, 2.45) is 10.2 Å². The standard InChI is InChI=1S/C27H28Cl2N2O3/c1-2-3-4-5-6-9-18-33-22-15-12-20(13-16-22)27(32)34-26-17-14-21(19-24(26)29)30-31-25-11-8-7-10-23(25)28/h7-8,10-17,19H,2-6,9,18H2,1H3. The van der Waals surface area contributed by atoms with Crippen LogP contribution in [0.3, 0.4) is 0 Å². The van der Waals surface area contributed by atoms with Crippen LogP contribution >= 0.6 is 23.2 Å². The zero-order valence-corrected chi connectivity index (χ0v) is 20.7. The number of azo groups is 1. The van der Waals surface area contributed by atoms with E-state index < -0.39 is 5.97 Å². The van der Waals surface area contributed by atoms with Crippen molar-refractivity contribution < 1.29 is 14.3 Å². The van der Waals surface area contributed by atoms with Gasteiger partial charge in [0.15, 0.2) is 0 Å². The molecule has 3 aromatic carbocycles. The number of nitrogens with zero attached hydrogens (tertiary/aromatic N) is 2. The number of hydrogen-bond donors (Lipinski definition) is 0. The van der Waals surface area contributed by atoms with E-state index in [0.29, 0.717) is 28.6 Å². The highest BCUT2D eigenvalue weighted by molar-refractivity contribution is 6.33.